The van der Waals surface area contributed by atoms with Crippen LogP contribution in [-0.4, -0.2) is 31.2 Å². The Morgan fingerprint density at radius 3 is 1.63 bits per heavy atom. The third-order valence-corrected chi connectivity index (χ3v) is 5.86. The van der Waals surface area contributed by atoms with Crippen molar-refractivity contribution in [2.45, 2.75) is 90.9 Å². The van der Waals surface area contributed by atoms with Crippen LogP contribution >= 0.6 is 0 Å². The van der Waals surface area contributed by atoms with E-state index in [0.29, 0.717) is 0 Å². The first-order chi connectivity index (χ1) is 13.1. The second kappa shape index (κ2) is 14.9. The van der Waals surface area contributed by atoms with Gasteiger partial charge in [-0.15, -0.1) is 0 Å². The van der Waals surface area contributed by atoms with Gasteiger partial charge in [-0.25, -0.2) is 0 Å². The Morgan fingerprint density at radius 1 is 0.704 bits per heavy atom. The second-order valence-electron chi connectivity index (χ2n) is 8.73. The van der Waals surface area contributed by atoms with E-state index in [2.05, 4.69) is 57.8 Å². The molecule has 0 aliphatic heterocycles. The molecule has 1 aromatic carbocycles. The lowest BCUT2D eigenvalue weighted by Gasteiger charge is -2.35. The Balaban J connectivity index is 2.49. The maximum atomic E-state index is 4.43. The lowest BCUT2D eigenvalue weighted by Crippen LogP contribution is -2.46. The highest BCUT2D eigenvalue weighted by Gasteiger charge is 2.22. The summed E-state index contributed by atoms with van der Waals surface area (Å²) in [4.78, 5) is 0. The largest absolute Gasteiger partial charge is 0.322 e. The average Bonchev–Trinajstić information content (AvgIpc) is 2.68. The lowest BCUT2D eigenvalue weighted by molar-refractivity contribution is -0.902. The molecule has 0 amide bonds. The van der Waals surface area contributed by atoms with Gasteiger partial charge in [-0.3, -0.25) is 0 Å². The topological polar surface area (TPSA) is 0 Å². The third-order valence-electron chi connectivity index (χ3n) is 5.86. The van der Waals surface area contributed by atoms with E-state index in [-0.39, 0.29) is 0 Å². The van der Waals surface area contributed by atoms with Gasteiger partial charge in [0, 0.05) is 5.57 Å². The Bertz CT molecular complexity index is 460. The molecule has 0 heterocycles. The van der Waals surface area contributed by atoms with E-state index in [1.165, 1.54) is 101 Å². The van der Waals surface area contributed by atoms with Crippen LogP contribution < -0.4 is 0 Å². The van der Waals surface area contributed by atoms with E-state index >= 15 is 0 Å². The van der Waals surface area contributed by atoms with E-state index in [4.69, 9.17) is 0 Å². The number of hydrogen-bond donors (Lipinski definition) is 0. The molecule has 154 valence electrons. The number of unbranched alkanes of at least 4 members (excludes halogenated alkanes) is 10. The van der Waals surface area contributed by atoms with Crippen LogP contribution in [0.1, 0.15) is 96.5 Å². The highest BCUT2D eigenvalue weighted by molar-refractivity contribution is 5.63. The van der Waals surface area contributed by atoms with Gasteiger partial charge in [0.25, 0.3) is 0 Å². The Kier molecular flexibility index (Phi) is 13.2. The van der Waals surface area contributed by atoms with Crippen molar-refractivity contribution in [3.05, 3.63) is 42.5 Å². The minimum absolute atomic E-state index is 1.09. The average molecular weight is 373 g/mol. The van der Waals surface area contributed by atoms with E-state index in [1.807, 2.05) is 0 Å². The van der Waals surface area contributed by atoms with E-state index in [0.717, 1.165) is 11.0 Å². The standard InChI is InChI=1S/C26H46N/c1-5-7-9-11-13-18-22-27(4,23-19-14-12-10-8-6-2)24-25(3)26-20-16-15-17-21-26/h15-17,20-21H,3,5-14,18-19,22-24H2,1-2,4H3/q+1. The van der Waals surface area contributed by atoms with Crippen molar-refractivity contribution in [3.63, 3.8) is 0 Å². The van der Waals surface area contributed by atoms with Crippen molar-refractivity contribution in [3.8, 4) is 0 Å². The van der Waals surface area contributed by atoms with E-state index in [1.54, 1.807) is 0 Å². The number of quaternary nitrogens is 1. The molecule has 1 nitrogen and oxygen atoms in total. The summed E-state index contributed by atoms with van der Waals surface area (Å²) in [5, 5.41) is 0. The van der Waals surface area contributed by atoms with Gasteiger partial charge in [0.2, 0.25) is 0 Å². The third kappa shape index (κ3) is 11.4. The molecule has 0 spiro atoms. The summed E-state index contributed by atoms with van der Waals surface area (Å²) in [6.45, 7) is 12.7. The molecule has 27 heavy (non-hydrogen) atoms. The fourth-order valence-corrected chi connectivity index (χ4v) is 4.04. The summed E-state index contributed by atoms with van der Waals surface area (Å²) < 4.78 is 1.16. The van der Waals surface area contributed by atoms with Gasteiger partial charge in [0.1, 0.15) is 6.54 Å². The fraction of sp³-hybridized carbons (Fsp3) is 0.692. The maximum absolute atomic E-state index is 4.43. The van der Waals surface area contributed by atoms with Crippen LogP contribution in [-0.2, 0) is 0 Å². The quantitative estimate of drug-likeness (QED) is 0.193. The predicted octanol–water partition coefficient (Wildman–Crippen LogP) is 7.87. The molecule has 0 atom stereocenters. The van der Waals surface area contributed by atoms with Crippen LogP contribution in [0.2, 0.25) is 0 Å². The summed E-state index contributed by atoms with van der Waals surface area (Å²) in [6, 6.07) is 10.8. The molecule has 0 fully saturated rings. The zero-order chi connectivity index (χ0) is 19.8. The zero-order valence-electron chi connectivity index (χ0n) is 18.6. The predicted molar refractivity (Wildman–Crippen MR) is 123 cm³/mol. The molecule has 0 bridgehead atoms. The van der Waals surface area contributed by atoms with Gasteiger partial charge in [0.15, 0.2) is 0 Å². The SMILES string of the molecule is C=C(C[N+](C)(CCCCCCCC)CCCCCCCC)c1ccccc1. The maximum Gasteiger partial charge on any atom is 0.104 e. The summed E-state index contributed by atoms with van der Waals surface area (Å²) in [5.41, 5.74) is 2.61. The summed E-state index contributed by atoms with van der Waals surface area (Å²) in [7, 11) is 2.46. The van der Waals surface area contributed by atoms with Crippen molar-refractivity contribution in [2.24, 2.45) is 0 Å². The molecule has 1 aromatic rings. The number of likely N-dealkylation sites (N-methyl/N-ethyl adjacent to an activating group) is 1. The molecule has 0 saturated carbocycles. The smallest absolute Gasteiger partial charge is 0.104 e. The van der Waals surface area contributed by atoms with Crippen LogP contribution in [0.15, 0.2) is 36.9 Å². The lowest BCUT2D eigenvalue weighted by atomic mass is 10.0. The summed E-state index contributed by atoms with van der Waals surface area (Å²) in [5.74, 6) is 0. The van der Waals surface area contributed by atoms with Crippen molar-refractivity contribution >= 4 is 5.57 Å². The van der Waals surface area contributed by atoms with E-state index in [9.17, 15) is 0 Å². The van der Waals surface area contributed by atoms with Gasteiger partial charge < -0.3 is 4.48 Å². The zero-order valence-corrected chi connectivity index (χ0v) is 18.6. The molecule has 0 saturated heterocycles. The van der Waals surface area contributed by atoms with Crippen molar-refractivity contribution in [2.75, 3.05) is 26.7 Å². The van der Waals surface area contributed by atoms with Gasteiger partial charge in [-0.05, 0) is 31.2 Å². The Hall–Kier alpha value is -1.08. The fourth-order valence-electron chi connectivity index (χ4n) is 4.04. The molecule has 1 rings (SSSR count). The Morgan fingerprint density at radius 2 is 1.15 bits per heavy atom. The van der Waals surface area contributed by atoms with Crippen LogP contribution in [0.3, 0.4) is 0 Å². The summed E-state index contributed by atoms with van der Waals surface area (Å²) in [6.07, 6.45) is 16.6. The first-order valence-electron chi connectivity index (χ1n) is 11.7. The highest BCUT2D eigenvalue weighted by Crippen LogP contribution is 2.20. The molecule has 1 heteroatoms. The van der Waals surface area contributed by atoms with Crippen LogP contribution in [0.4, 0.5) is 0 Å². The Labute approximate surface area is 170 Å². The van der Waals surface area contributed by atoms with Crippen LogP contribution in [0, 0.1) is 0 Å². The van der Waals surface area contributed by atoms with Crippen molar-refractivity contribution < 1.29 is 4.48 Å². The first kappa shape index (κ1) is 24.0. The molecular formula is C26H46N+. The van der Waals surface area contributed by atoms with Crippen LogP contribution in [0.5, 0.6) is 0 Å². The van der Waals surface area contributed by atoms with Crippen molar-refractivity contribution in [1.29, 1.82) is 0 Å². The molecule has 0 aliphatic rings. The van der Waals surface area contributed by atoms with Gasteiger partial charge in [0.05, 0.1) is 20.1 Å². The summed E-state index contributed by atoms with van der Waals surface area (Å²) >= 11 is 0. The molecule has 0 aliphatic carbocycles. The highest BCUT2D eigenvalue weighted by atomic mass is 15.3. The molecule has 0 aromatic heterocycles. The number of nitrogens with zero attached hydrogens (tertiary/aromatic N) is 1. The second-order valence-corrected chi connectivity index (χ2v) is 8.73. The van der Waals surface area contributed by atoms with Gasteiger partial charge >= 0.3 is 0 Å². The number of benzene rings is 1. The molecule has 0 radical (unpaired) electrons. The van der Waals surface area contributed by atoms with Gasteiger partial charge in [-0.1, -0.05) is 102 Å². The molecular weight excluding hydrogens is 326 g/mol. The number of rotatable bonds is 17. The monoisotopic (exact) mass is 372 g/mol. The van der Waals surface area contributed by atoms with Crippen LogP contribution in [0.25, 0.3) is 5.57 Å². The number of hydrogen-bond acceptors (Lipinski definition) is 0. The van der Waals surface area contributed by atoms with Gasteiger partial charge in [-0.2, -0.15) is 0 Å². The normalized spacial score (nSPS) is 11.7. The molecule has 0 N–H and O–H groups in total. The minimum Gasteiger partial charge on any atom is -0.322 e. The van der Waals surface area contributed by atoms with E-state index < -0.39 is 0 Å². The first-order valence-corrected chi connectivity index (χ1v) is 11.7. The molecule has 0 unspecified atom stereocenters. The minimum atomic E-state index is 1.09. The van der Waals surface area contributed by atoms with Crippen molar-refractivity contribution in [1.82, 2.24) is 0 Å².